The number of hydrogen-bond donors (Lipinski definition) is 2. The standard InChI is InChI=1S/C21H22N4O4/c1-22-18(26)17-10-8-16(9-11-17)12-23(2)14-25-20(28)19(27)24(21(25)29)13-15-6-4-3-5-7-15/h3-11H,12-14H2,1-2H3,(H,22,26)/p+1. The van der Waals surface area contributed by atoms with Crippen LogP contribution in [0, 0.1) is 0 Å². The fourth-order valence-electron chi connectivity index (χ4n) is 3.19. The Morgan fingerprint density at radius 1 is 0.897 bits per heavy atom. The van der Waals surface area contributed by atoms with E-state index in [9.17, 15) is 19.2 Å². The third-order valence-corrected chi connectivity index (χ3v) is 4.70. The van der Waals surface area contributed by atoms with Crippen molar-refractivity contribution in [1.29, 1.82) is 0 Å². The smallest absolute Gasteiger partial charge is 0.339 e. The maximum atomic E-state index is 12.6. The molecule has 0 bridgehead atoms. The number of benzene rings is 2. The van der Waals surface area contributed by atoms with Crippen molar-refractivity contribution >= 4 is 23.8 Å². The summed E-state index contributed by atoms with van der Waals surface area (Å²) in [6, 6.07) is 15.6. The molecule has 2 N–H and O–H groups in total. The molecule has 29 heavy (non-hydrogen) atoms. The summed E-state index contributed by atoms with van der Waals surface area (Å²) >= 11 is 0. The Bertz CT molecular complexity index is 927. The quantitative estimate of drug-likeness (QED) is 0.510. The van der Waals surface area contributed by atoms with Gasteiger partial charge in [-0.2, -0.15) is 0 Å². The van der Waals surface area contributed by atoms with E-state index in [1.54, 1.807) is 31.3 Å². The zero-order valence-electron chi connectivity index (χ0n) is 16.3. The van der Waals surface area contributed by atoms with Crippen LogP contribution in [0.15, 0.2) is 54.6 Å². The molecule has 0 aliphatic carbocycles. The minimum atomic E-state index is -0.805. The molecule has 1 aliphatic heterocycles. The molecule has 150 valence electrons. The van der Waals surface area contributed by atoms with Crippen molar-refractivity contribution in [2.45, 2.75) is 13.1 Å². The molecule has 0 radical (unpaired) electrons. The van der Waals surface area contributed by atoms with Crippen molar-refractivity contribution in [2.75, 3.05) is 20.8 Å². The van der Waals surface area contributed by atoms with Crippen LogP contribution in [0.2, 0.25) is 0 Å². The van der Waals surface area contributed by atoms with Crippen molar-refractivity contribution in [3.63, 3.8) is 0 Å². The summed E-state index contributed by atoms with van der Waals surface area (Å²) in [6.45, 7) is 0.671. The van der Waals surface area contributed by atoms with E-state index in [1.165, 1.54) is 0 Å². The van der Waals surface area contributed by atoms with Gasteiger partial charge in [0, 0.05) is 18.2 Å². The fourth-order valence-corrected chi connectivity index (χ4v) is 3.19. The normalized spacial score (nSPS) is 15.0. The van der Waals surface area contributed by atoms with Crippen LogP contribution >= 0.6 is 0 Å². The molecule has 1 heterocycles. The summed E-state index contributed by atoms with van der Waals surface area (Å²) in [4.78, 5) is 51.6. The lowest BCUT2D eigenvalue weighted by atomic mass is 10.1. The van der Waals surface area contributed by atoms with Gasteiger partial charge in [0.15, 0.2) is 6.67 Å². The molecule has 3 rings (SSSR count). The monoisotopic (exact) mass is 395 g/mol. The molecule has 1 atom stereocenters. The highest BCUT2D eigenvalue weighted by Crippen LogP contribution is 2.15. The second-order valence-corrected chi connectivity index (χ2v) is 6.96. The Kier molecular flexibility index (Phi) is 6.04. The molecular formula is C21H23N4O4+. The Balaban J connectivity index is 1.63. The molecule has 8 nitrogen and oxygen atoms in total. The van der Waals surface area contributed by atoms with Crippen molar-refractivity contribution < 1.29 is 24.1 Å². The predicted octanol–water partition coefficient (Wildman–Crippen LogP) is 0.00940. The minimum absolute atomic E-state index is 0.0702. The number of carbonyl (C=O) groups is 4. The summed E-state index contributed by atoms with van der Waals surface area (Å²) in [7, 11) is 3.40. The second kappa shape index (κ2) is 8.66. The summed E-state index contributed by atoms with van der Waals surface area (Å²) in [5, 5.41) is 2.56. The van der Waals surface area contributed by atoms with Crippen molar-refractivity contribution in [3.8, 4) is 0 Å². The van der Waals surface area contributed by atoms with Crippen molar-refractivity contribution in [1.82, 2.24) is 15.1 Å². The number of quaternary nitrogens is 1. The van der Waals surface area contributed by atoms with Crippen LogP contribution < -0.4 is 10.2 Å². The number of imide groups is 2. The molecule has 5 amide bonds. The summed E-state index contributed by atoms with van der Waals surface area (Å²) in [6.07, 6.45) is 0. The van der Waals surface area contributed by atoms with E-state index in [2.05, 4.69) is 5.32 Å². The van der Waals surface area contributed by atoms with Gasteiger partial charge in [0.2, 0.25) is 0 Å². The SMILES string of the molecule is CNC(=O)c1ccc(C[NH+](C)CN2C(=O)C(=O)N(Cc3ccccc3)C2=O)cc1. The highest BCUT2D eigenvalue weighted by Gasteiger charge is 2.45. The van der Waals surface area contributed by atoms with Crippen molar-refractivity contribution in [3.05, 3.63) is 71.3 Å². The first-order chi connectivity index (χ1) is 13.9. The molecule has 2 aromatic rings. The highest BCUT2D eigenvalue weighted by molar-refractivity contribution is 6.44. The van der Waals surface area contributed by atoms with Gasteiger partial charge in [-0.1, -0.05) is 42.5 Å². The largest absolute Gasteiger partial charge is 0.355 e. The van der Waals surface area contributed by atoms with Gasteiger partial charge in [-0.25, -0.2) is 9.69 Å². The number of amides is 5. The molecule has 1 aliphatic rings. The Morgan fingerprint density at radius 2 is 1.52 bits per heavy atom. The summed E-state index contributed by atoms with van der Waals surface area (Å²) in [5.74, 6) is -1.77. The van der Waals surface area contributed by atoms with Crippen LogP contribution in [0.5, 0.6) is 0 Å². The van der Waals surface area contributed by atoms with Crippen LogP contribution in [0.1, 0.15) is 21.5 Å². The Labute approximate surface area is 168 Å². The number of carbonyl (C=O) groups excluding carboxylic acids is 4. The number of hydrogen-bond acceptors (Lipinski definition) is 4. The lowest BCUT2D eigenvalue weighted by molar-refractivity contribution is -0.901. The molecule has 8 heteroatoms. The van der Waals surface area contributed by atoms with E-state index < -0.39 is 17.8 Å². The topological polar surface area (TPSA) is 91.2 Å². The maximum absolute atomic E-state index is 12.6. The van der Waals surface area contributed by atoms with Crippen molar-refractivity contribution in [2.24, 2.45) is 0 Å². The van der Waals surface area contributed by atoms with Crippen LogP contribution in [-0.2, 0) is 22.7 Å². The van der Waals surface area contributed by atoms with E-state index in [4.69, 9.17) is 0 Å². The molecule has 1 unspecified atom stereocenters. The second-order valence-electron chi connectivity index (χ2n) is 6.96. The molecule has 0 saturated carbocycles. The third kappa shape index (κ3) is 4.49. The van der Waals surface area contributed by atoms with Crippen LogP contribution in [-0.4, -0.2) is 54.3 Å². The average molecular weight is 395 g/mol. The first-order valence-corrected chi connectivity index (χ1v) is 9.24. The van der Waals surface area contributed by atoms with Gasteiger partial charge in [-0.3, -0.25) is 19.3 Å². The third-order valence-electron chi connectivity index (χ3n) is 4.70. The maximum Gasteiger partial charge on any atom is 0.339 e. The summed E-state index contributed by atoms with van der Waals surface area (Å²) < 4.78 is 0. The minimum Gasteiger partial charge on any atom is -0.355 e. The van der Waals surface area contributed by atoms with Gasteiger partial charge in [0.1, 0.15) is 6.54 Å². The van der Waals surface area contributed by atoms with Gasteiger partial charge in [0.25, 0.3) is 5.91 Å². The number of rotatable bonds is 7. The van der Waals surface area contributed by atoms with E-state index in [0.29, 0.717) is 12.1 Å². The molecule has 0 spiro atoms. The van der Waals surface area contributed by atoms with E-state index in [1.807, 2.05) is 37.4 Å². The molecule has 0 aromatic heterocycles. The van der Waals surface area contributed by atoms with Crippen LogP contribution in [0.25, 0.3) is 0 Å². The molecule has 1 saturated heterocycles. The van der Waals surface area contributed by atoms with Gasteiger partial charge < -0.3 is 10.2 Å². The zero-order valence-corrected chi connectivity index (χ0v) is 16.3. The number of nitrogens with one attached hydrogen (secondary N) is 2. The van der Waals surface area contributed by atoms with Gasteiger partial charge >= 0.3 is 17.8 Å². The van der Waals surface area contributed by atoms with Gasteiger partial charge in [-0.05, 0) is 17.7 Å². The van der Waals surface area contributed by atoms with Crippen LogP contribution in [0.4, 0.5) is 4.79 Å². The Hall–Kier alpha value is -3.52. The molecule has 1 fully saturated rings. The van der Waals surface area contributed by atoms with Crippen LogP contribution in [0.3, 0.4) is 0 Å². The Morgan fingerprint density at radius 3 is 2.14 bits per heavy atom. The fraction of sp³-hybridized carbons (Fsp3) is 0.238. The lowest BCUT2D eigenvalue weighted by Crippen LogP contribution is -3.09. The van der Waals surface area contributed by atoms with E-state index in [-0.39, 0.29) is 19.1 Å². The average Bonchev–Trinajstić information content (AvgIpc) is 2.92. The van der Waals surface area contributed by atoms with Gasteiger partial charge in [0.05, 0.1) is 13.6 Å². The first-order valence-electron chi connectivity index (χ1n) is 9.24. The van der Waals surface area contributed by atoms with E-state index >= 15 is 0 Å². The van der Waals surface area contributed by atoms with E-state index in [0.717, 1.165) is 25.8 Å². The van der Waals surface area contributed by atoms with Gasteiger partial charge in [-0.15, -0.1) is 0 Å². The first kappa shape index (κ1) is 20.2. The number of urea groups is 1. The number of nitrogens with zero attached hydrogens (tertiary/aromatic N) is 2. The predicted molar refractivity (Wildman–Crippen MR) is 105 cm³/mol. The molecule has 2 aromatic carbocycles. The lowest BCUT2D eigenvalue weighted by Gasteiger charge is -2.20. The zero-order chi connectivity index (χ0) is 21.0. The molecular weight excluding hydrogens is 372 g/mol. The highest BCUT2D eigenvalue weighted by atomic mass is 16.2. The summed E-state index contributed by atoms with van der Waals surface area (Å²) in [5.41, 5.74) is 2.28.